The van der Waals surface area contributed by atoms with E-state index in [4.69, 9.17) is 5.26 Å². The predicted molar refractivity (Wildman–Crippen MR) is 74.8 cm³/mol. The van der Waals surface area contributed by atoms with E-state index in [0.717, 1.165) is 12.8 Å². The lowest BCUT2D eigenvalue weighted by molar-refractivity contribution is -0.153. The number of carbonyl (C=O) groups is 2. The standard InChI is InChI=1S/C15H24N2O3/c1-12(2)11-17(9-5-8-16)13(18)10-15(14(19)20)6-3-4-7-15/h12H,3-7,9-11H2,1-2H3,(H,19,20). The maximum atomic E-state index is 12.4. The Kier molecular flexibility index (Phi) is 6.00. The highest BCUT2D eigenvalue weighted by molar-refractivity contribution is 5.85. The number of hydrogen-bond acceptors (Lipinski definition) is 3. The number of carboxylic acid groups (broad SMARTS) is 1. The number of nitrogens with zero attached hydrogens (tertiary/aromatic N) is 2. The molecule has 1 fully saturated rings. The van der Waals surface area contributed by atoms with Crippen LogP contribution >= 0.6 is 0 Å². The number of nitriles is 1. The second kappa shape index (κ2) is 7.28. The van der Waals surface area contributed by atoms with Crippen molar-refractivity contribution in [3.8, 4) is 6.07 Å². The van der Waals surface area contributed by atoms with Gasteiger partial charge in [-0.3, -0.25) is 9.59 Å². The van der Waals surface area contributed by atoms with Crippen LogP contribution in [0, 0.1) is 22.7 Å². The van der Waals surface area contributed by atoms with Crippen molar-refractivity contribution in [3.63, 3.8) is 0 Å². The molecule has 5 nitrogen and oxygen atoms in total. The average molecular weight is 280 g/mol. The van der Waals surface area contributed by atoms with Crippen LogP contribution in [0.3, 0.4) is 0 Å². The van der Waals surface area contributed by atoms with E-state index in [2.05, 4.69) is 0 Å². The Morgan fingerprint density at radius 3 is 2.40 bits per heavy atom. The molecule has 5 heteroatoms. The number of rotatable bonds is 7. The van der Waals surface area contributed by atoms with Gasteiger partial charge in [0.25, 0.3) is 0 Å². The quantitative estimate of drug-likeness (QED) is 0.776. The summed E-state index contributed by atoms with van der Waals surface area (Å²) in [6.45, 7) is 4.99. The Labute approximate surface area is 120 Å². The van der Waals surface area contributed by atoms with Gasteiger partial charge >= 0.3 is 5.97 Å². The molecule has 1 amide bonds. The van der Waals surface area contributed by atoms with Crippen LogP contribution in [0.1, 0.15) is 52.4 Å². The Hall–Kier alpha value is -1.57. The maximum Gasteiger partial charge on any atom is 0.310 e. The van der Waals surface area contributed by atoms with Crippen molar-refractivity contribution in [2.75, 3.05) is 13.1 Å². The molecule has 1 rings (SSSR count). The third-order valence-electron chi connectivity index (χ3n) is 3.94. The van der Waals surface area contributed by atoms with Crippen LogP contribution in [-0.4, -0.2) is 35.0 Å². The Morgan fingerprint density at radius 1 is 1.35 bits per heavy atom. The largest absolute Gasteiger partial charge is 0.481 e. The minimum absolute atomic E-state index is 0.0699. The number of carboxylic acids is 1. The average Bonchev–Trinajstić information content (AvgIpc) is 2.83. The van der Waals surface area contributed by atoms with Gasteiger partial charge in [-0.1, -0.05) is 26.7 Å². The molecule has 0 aromatic carbocycles. The van der Waals surface area contributed by atoms with E-state index < -0.39 is 11.4 Å². The van der Waals surface area contributed by atoms with Crippen molar-refractivity contribution < 1.29 is 14.7 Å². The molecule has 1 N–H and O–H groups in total. The minimum Gasteiger partial charge on any atom is -0.481 e. The second-order valence-electron chi connectivity index (χ2n) is 6.11. The molecule has 0 bridgehead atoms. The molecule has 1 saturated carbocycles. The highest BCUT2D eigenvalue weighted by Gasteiger charge is 2.43. The molecular weight excluding hydrogens is 256 g/mol. The van der Waals surface area contributed by atoms with E-state index in [-0.39, 0.29) is 12.3 Å². The fourth-order valence-electron chi connectivity index (χ4n) is 2.86. The number of hydrogen-bond donors (Lipinski definition) is 1. The fraction of sp³-hybridized carbons (Fsp3) is 0.800. The molecule has 0 aromatic rings. The van der Waals surface area contributed by atoms with E-state index in [1.165, 1.54) is 0 Å². The summed E-state index contributed by atoms with van der Waals surface area (Å²) in [5.41, 5.74) is -0.876. The van der Waals surface area contributed by atoms with Gasteiger partial charge in [0.2, 0.25) is 5.91 Å². The second-order valence-corrected chi connectivity index (χ2v) is 6.11. The van der Waals surface area contributed by atoms with Crippen molar-refractivity contribution in [1.29, 1.82) is 5.26 Å². The van der Waals surface area contributed by atoms with Gasteiger partial charge in [-0.05, 0) is 18.8 Å². The molecule has 0 radical (unpaired) electrons. The summed E-state index contributed by atoms with van der Waals surface area (Å²) in [6.07, 6.45) is 3.28. The fourth-order valence-corrected chi connectivity index (χ4v) is 2.86. The van der Waals surface area contributed by atoms with Crippen molar-refractivity contribution >= 4 is 11.9 Å². The first kappa shape index (κ1) is 16.5. The highest BCUT2D eigenvalue weighted by Crippen LogP contribution is 2.41. The minimum atomic E-state index is -0.876. The van der Waals surface area contributed by atoms with Crippen LogP contribution in [0.15, 0.2) is 0 Å². The van der Waals surface area contributed by atoms with Crippen LogP contribution in [0.25, 0.3) is 0 Å². The summed E-state index contributed by atoms with van der Waals surface area (Å²) in [5, 5.41) is 18.1. The van der Waals surface area contributed by atoms with E-state index in [1.54, 1.807) is 4.90 Å². The van der Waals surface area contributed by atoms with Gasteiger partial charge in [-0.25, -0.2) is 0 Å². The first-order valence-corrected chi connectivity index (χ1v) is 7.29. The van der Waals surface area contributed by atoms with Crippen LogP contribution in [-0.2, 0) is 9.59 Å². The van der Waals surface area contributed by atoms with Crippen LogP contribution < -0.4 is 0 Å². The lowest BCUT2D eigenvalue weighted by Crippen LogP contribution is -2.40. The molecule has 112 valence electrons. The maximum absolute atomic E-state index is 12.4. The third-order valence-corrected chi connectivity index (χ3v) is 3.94. The molecule has 0 unspecified atom stereocenters. The zero-order chi connectivity index (χ0) is 15.2. The van der Waals surface area contributed by atoms with Crippen LogP contribution in [0.4, 0.5) is 0 Å². The summed E-state index contributed by atoms with van der Waals surface area (Å²) < 4.78 is 0. The molecule has 0 aliphatic heterocycles. The van der Waals surface area contributed by atoms with Crippen molar-refractivity contribution in [2.45, 2.75) is 52.4 Å². The van der Waals surface area contributed by atoms with Gasteiger partial charge < -0.3 is 10.0 Å². The smallest absolute Gasteiger partial charge is 0.310 e. The molecule has 0 aromatic heterocycles. The zero-order valence-electron chi connectivity index (χ0n) is 12.4. The summed E-state index contributed by atoms with van der Waals surface area (Å²) in [4.78, 5) is 25.5. The summed E-state index contributed by atoms with van der Waals surface area (Å²) in [5.74, 6) is -0.673. The Morgan fingerprint density at radius 2 is 1.95 bits per heavy atom. The molecule has 0 atom stereocenters. The predicted octanol–water partition coefficient (Wildman–Crippen LogP) is 2.42. The van der Waals surface area contributed by atoms with Crippen molar-refractivity contribution in [1.82, 2.24) is 4.90 Å². The molecule has 0 heterocycles. The first-order chi connectivity index (χ1) is 9.41. The Balaban J connectivity index is 2.73. The Bertz CT molecular complexity index is 392. The van der Waals surface area contributed by atoms with E-state index in [9.17, 15) is 14.7 Å². The van der Waals surface area contributed by atoms with Gasteiger partial charge in [0.05, 0.1) is 17.9 Å². The van der Waals surface area contributed by atoms with Crippen molar-refractivity contribution in [2.24, 2.45) is 11.3 Å². The summed E-state index contributed by atoms with van der Waals surface area (Å²) >= 11 is 0. The monoisotopic (exact) mass is 280 g/mol. The van der Waals surface area contributed by atoms with Crippen molar-refractivity contribution in [3.05, 3.63) is 0 Å². The molecule has 1 aliphatic rings. The van der Waals surface area contributed by atoms with Gasteiger partial charge in [0.15, 0.2) is 0 Å². The number of aliphatic carboxylic acids is 1. The number of carbonyl (C=O) groups excluding carboxylic acids is 1. The van der Waals surface area contributed by atoms with Gasteiger partial charge in [0.1, 0.15) is 0 Å². The van der Waals surface area contributed by atoms with Crippen LogP contribution in [0.2, 0.25) is 0 Å². The number of amides is 1. The zero-order valence-corrected chi connectivity index (χ0v) is 12.4. The van der Waals surface area contributed by atoms with Gasteiger partial charge in [-0.15, -0.1) is 0 Å². The lowest BCUT2D eigenvalue weighted by Gasteiger charge is -2.29. The lowest BCUT2D eigenvalue weighted by atomic mass is 9.82. The molecular formula is C15H24N2O3. The van der Waals surface area contributed by atoms with E-state index in [0.29, 0.717) is 38.3 Å². The van der Waals surface area contributed by atoms with E-state index >= 15 is 0 Å². The first-order valence-electron chi connectivity index (χ1n) is 7.29. The van der Waals surface area contributed by atoms with Gasteiger partial charge in [-0.2, -0.15) is 5.26 Å². The molecule has 20 heavy (non-hydrogen) atoms. The topological polar surface area (TPSA) is 81.4 Å². The highest BCUT2D eigenvalue weighted by atomic mass is 16.4. The van der Waals surface area contributed by atoms with Gasteiger partial charge in [0, 0.05) is 19.5 Å². The molecule has 0 saturated heterocycles. The van der Waals surface area contributed by atoms with Crippen LogP contribution in [0.5, 0.6) is 0 Å². The van der Waals surface area contributed by atoms with E-state index in [1.807, 2.05) is 19.9 Å². The SMILES string of the molecule is CC(C)CN(CCC#N)C(=O)CC1(C(=O)O)CCCC1. The normalized spacial score (nSPS) is 16.9. The summed E-state index contributed by atoms with van der Waals surface area (Å²) in [7, 11) is 0. The molecule has 1 aliphatic carbocycles. The third kappa shape index (κ3) is 4.22. The molecule has 0 spiro atoms. The summed E-state index contributed by atoms with van der Waals surface area (Å²) in [6, 6.07) is 2.04.